The van der Waals surface area contributed by atoms with Crippen LogP contribution >= 0.6 is 0 Å². The second-order valence-electron chi connectivity index (χ2n) is 16.9. The van der Waals surface area contributed by atoms with Crippen LogP contribution in [0.3, 0.4) is 0 Å². The molecule has 1 aromatic rings. The second kappa shape index (κ2) is 8.50. The lowest BCUT2D eigenvalue weighted by atomic mass is 9.33. The molecule has 4 fully saturated rings. The molecule has 6 aliphatic rings. The highest BCUT2D eigenvalue weighted by molar-refractivity contribution is 5.76. The van der Waals surface area contributed by atoms with Gasteiger partial charge in [0.2, 0.25) is 0 Å². The van der Waals surface area contributed by atoms with Gasteiger partial charge in [-0.05, 0) is 116 Å². The molecule has 4 nitrogen and oxygen atoms in total. The van der Waals surface area contributed by atoms with Crippen molar-refractivity contribution < 1.29 is 9.90 Å². The van der Waals surface area contributed by atoms with Crippen molar-refractivity contribution >= 4 is 5.97 Å². The van der Waals surface area contributed by atoms with Gasteiger partial charge in [0, 0.05) is 11.1 Å². The maximum absolute atomic E-state index is 13.0. The van der Waals surface area contributed by atoms with E-state index in [0.29, 0.717) is 29.7 Å². The van der Waals surface area contributed by atoms with Gasteiger partial charge in [-0.2, -0.15) is 5.10 Å². The Morgan fingerprint density at radius 2 is 1.68 bits per heavy atom. The zero-order valence-electron chi connectivity index (χ0n) is 26.4. The molecule has 0 bridgehead atoms. The Kier molecular flexibility index (Phi) is 5.79. The Hall–Kier alpha value is -1.58. The van der Waals surface area contributed by atoms with Crippen molar-refractivity contribution in [2.75, 3.05) is 0 Å². The highest BCUT2D eigenvalue weighted by Crippen LogP contribution is 2.75. The fraction of sp³-hybridized carbons (Fsp3) is 0.833. The van der Waals surface area contributed by atoms with Crippen LogP contribution in [-0.2, 0) is 16.6 Å². The minimum absolute atomic E-state index is 0.0806. The normalized spacial score (nSPS) is 47.8. The first kappa shape index (κ1) is 27.3. The third kappa shape index (κ3) is 3.15. The summed E-state index contributed by atoms with van der Waals surface area (Å²) in [6, 6.07) is 0.594. The van der Waals surface area contributed by atoms with E-state index in [2.05, 4.69) is 65.4 Å². The van der Waals surface area contributed by atoms with Gasteiger partial charge in [0.15, 0.2) is 0 Å². The van der Waals surface area contributed by atoms with E-state index < -0.39 is 11.4 Å². The lowest BCUT2D eigenvalue weighted by Crippen LogP contribution is -2.65. The topological polar surface area (TPSA) is 55.1 Å². The molecule has 0 spiro atoms. The quantitative estimate of drug-likeness (QED) is 0.377. The van der Waals surface area contributed by atoms with E-state index in [4.69, 9.17) is 5.10 Å². The number of rotatable bonds is 2. The summed E-state index contributed by atoms with van der Waals surface area (Å²) in [4.78, 5) is 13.0. The molecule has 1 aromatic heterocycles. The van der Waals surface area contributed by atoms with Crippen LogP contribution in [0, 0.1) is 51.2 Å². The lowest BCUT2D eigenvalue weighted by molar-refractivity contribution is -0.179. The van der Waals surface area contributed by atoms with E-state index in [1.165, 1.54) is 44.1 Å². The van der Waals surface area contributed by atoms with Crippen LogP contribution in [-0.4, -0.2) is 20.9 Å². The number of hydrogen-bond acceptors (Lipinski definition) is 2. The zero-order valence-corrected chi connectivity index (χ0v) is 26.4. The van der Waals surface area contributed by atoms with Crippen molar-refractivity contribution in [2.24, 2.45) is 51.2 Å². The molecule has 6 aliphatic carbocycles. The zero-order chi connectivity index (χ0) is 28.5. The minimum Gasteiger partial charge on any atom is -0.481 e. The molecule has 0 unspecified atom stereocenters. The van der Waals surface area contributed by atoms with Crippen molar-refractivity contribution in [3.05, 3.63) is 29.1 Å². The van der Waals surface area contributed by atoms with Crippen LogP contribution in [0.4, 0.5) is 0 Å². The average molecular weight is 547 g/mol. The number of carboxylic acid groups (broad SMARTS) is 1. The molecule has 0 radical (unpaired) electrons. The lowest BCUT2D eigenvalue weighted by Gasteiger charge is -2.70. The number of allylic oxidation sites excluding steroid dienone is 2. The third-order valence-electron chi connectivity index (χ3n) is 15.3. The molecule has 1 N–H and O–H groups in total. The van der Waals surface area contributed by atoms with Gasteiger partial charge in [-0.3, -0.25) is 9.48 Å². The number of nitrogens with zero attached hydrogens (tertiary/aromatic N) is 2. The summed E-state index contributed by atoms with van der Waals surface area (Å²) in [5, 5.41) is 15.8. The van der Waals surface area contributed by atoms with Gasteiger partial charge in [-0.25, -0.2) is 0 Å². The molecule has 0 saturated heterocycles. The van der Waals surface area contributed by atoms with Crippen LogP contribution in [0.2, 0.25) is 0 Å². The van der Waals surface area contributed by atoms with E-state index in [-0.39, 0.29) is 27.6 Å². The molecule has 1 heterocycles. The molecule has 40 heavy (non-hydrogen) atoms. The smallest absolute Gasteiger partial charge is 0.310 e. The monoisotopic (exact) mass is 546 g/mol. The largest absolute Gasteiger partial charge is 0.481 e. The predicted molar refractivity (Wildman–Crippen MR) is 160 cm³/mol. The van der Waals surface area contributed by atoms with Crippen LogP contribution in [0.5, 0.6) is 0 Å². The first-order valence-electron chi connectivity index (χ1n) is 16.8. The van der Waals surface area contributed by atoms with Crippen LogP contribution in [0.15, 0.2) is 17.8 Å². The highest BCUT2D eigenvalue weighted by atomic mass is 16.4. The molecule has 0 aromatic carbocycles. The number of hydrogen-bond donors (Lipinski definition) is 1. The number of fused-ring (bicyclic) bond motifs is 8. The Balaban J connectivity index is 1.32. The van der Waals surface area contributed by atoms with E-state index in [1.54, 1.807) is 11.3 Å². The Labute approximate surface area is 242 Å². The molecule has 7 rings (SSSR count). The SMILES string of the molecule is C[C@H]1[C@H](C)CC[C@]2(C(=O)O)CC[C@]3(C)C(=CC[C@@H]4[C@@]5(C)Cc6cnn(C7CCCC7)c6C(C)(C)[C@@H]5CC[C@]43C)[C@H]12. The van der Waals surface area contributed by atoms with E-state index in [0.717, 1.165) is 38.5 Å². The molecule has 0 aliphatic heterocycles. The summed E-state index contributed by atoms with van der Waals surface area (Å²) in [7, 11) is 0. The van der Waals surface area contributed by atoms with Crippen molar-refractivity contribution in [3.8, 4) is 0 Å². The van der Waals surface area contributed by atoms with Crippen molar-refractivity contribution in [3.63, 3.8) is 0 Å². The number of carboxylic acids is 1. The van der Waals surface area contributed by atoms with E-state index in [9.17, 15) is 9.90 Å². The Morgan fingerprint density at radius 3 is 2.38 bits per heavy atom. The van der Waals surface area contributed by atoms with Gasteiger partial charge < -0.3 is 5.11 Å². The standard InChI is InChI=1S/C36H54N2O2/c1-22-14-17-36(31(39)40)19-18-34(6)26(29(36)23(22)2)12-13-28-33(5)20-24-21-37-38(25-10-8-9-11-25)30(24)32(3,4)27(33)15-16-35(28,34)7/h12,21-23,25,27-29H,8-11,13-20H2,1-7H3,(H,39,40)/t22-,23+,27+,28-,29+,33+,34-,35-,36+/m1/s1. The predicted octanol–water partition coefficient (Wildman–Crippen LogP) is 8.75. The minimum atomic E-state index is -0.557. The molecule has 220 valence electrons. The maximum Gasteiger partial charge on any atom is 0.310 e. The van der Waals surface area contributed by atoms with Crippen LogP contribution in [0.1, 0.15) is 136 Å². The van der Waals surface area contributed by atoms with Crippen molar-refractivity contribution in [1.29, 1.82) is 0 Å². The summed E-state index contributed by atoms with van der Waals surface area (Å²) in [6.07, 6.45) is 18.7. The summed E-state index contributed by atoms with van der Waals surface area (Å²) in [6.45, 7) is 17.7. The van der Waals surface area contributed by atoms with Gasteiger partial charge in [0.05, 0.1) is 17.7 Å². The molecule has 0 amide bonds. The average Bonchev–Trinajstić information content (AvgIpc) is 3.56. The van der Waals surface area contributed by atoms with Gasteiger partial charge in [0.25, 0.3) is 0 Å². The van der Waals surface area contributed by atoms with E-state index in [1.807, 2.05) is 0 Å². The molecule has 4 saturated carbocycles. The summed E-state index contributed by atoms with van der Waals surface area (Å²) < 4.78 is 2.48. The Morgan fingerprint density at radius 1 is 0.950 bits per heavy atom. The fourth-order valence-electron chi connectivity index (χ4n) is 12.9. The van der Waals surface area contributed by atoms with Crippen LogP contribution < -0.4 is 0 Å². The first-order valence-corrected chi connectivity index (χ1v) is 16.8. The molecule has 4 heteroatoms. The summed E-state index contributed by atoms with van der Waals surface area (Å²) in [5.74, 6) is 1.95. The number of carbonyl (C=O) groups is 1. The van der Waals surface area contributed by atoms with Crippen molar-refractivity contribution in [1.82, 2.24) is 9.78 Å². The number of aromatic nitrogens is 2. The summed E-state index contributed by atoms with van der Waals surface area (Å²) >= 11 is 0. The Bertz CT molecular complexity index is 1250. The molecular weight excluding hydrogens is 492 g/mol. The molecule has 9 atom stereocenters. The van der Waals surface area contributed by atoms with E-state index >= 15 is 0 Å². The van der Waals surface area contributed by atoms with Crippen molar-refractivity contribution in [2.45, 2.75) is 137 Å². The summed E-state index contributed by atoms with van der Waals surface area (Å²) in [5.41, 5.74) is 4.68. The van der Waals surface area contributed by atoms with Gasteiger partial charge in [-0.15, -0.1) is 0 Å². The fourth-order valence-corrected chi connectivity index (χ4v) is 12.9. The highest BCUT2D eigenvalue weighted by Gasteiger charge is 2.69. The van der Waals surface area contributed by atoms with Gasteiger partial charge in [-0.1, -0.05) is 73.0 Å². The maximum atomic E-state index is 13.0. The third-order valence-corrected chi connectivity index (χ3v) is 15.3. The first-order chi connectivity index (χ1) is 18.8. The number of aliphatic carboxylic acids is 1. The van der Waals surface area contributed by atoms with Crippen LogP contribution in [0.25, 0.3) is 0 Å². The second-order valence-corrected chi connectivity index (χ2v) is 16.9. The molecular formula is C36H54N2O2. The van der Waals surface area contributed by atoms with Gasteiger partial charge >= 0.3 is 5.97 Å². The van der Waals surface area contributed by atoms with Gasteiger partial charge in [0.1, 0.15) is 0 Å².